The number of rotatable bonds is 4. The molecule has 1 aromatic rings. The predicted octanol–water partition coefficient (Wildman–Crippen LogP) is 5.29. The van der Waals surface area contributed by atoms with Gasteiger partial charge in [0, 0.05) is 0 Å². The van der Waals surface area contributed by atoms with Gasteiger partial charge in [-0.2, -0.15) is 0 Å². The molecule has 0 bridgehead atoms. The molecule has 1 aromatic carbocycles. The first kappa shape index (κ1) is 13.0. The Bertz CT molecular complexity index is 383. The molecule has 0 aromatic heterocycles. The molecule has 0 aliphatic carbocycles. The van der Waals surface area contributed by atoms with Gasteiger partial charge in [0.05, 0.1) is 0 Å². The first-order chi connectivity index (χ1) is 7.60. The zero-order valence-corrected chi connectivity index (χ0v) is 11.4. The van der Waals surface area contributed by atoms with Crippen LogP contribution in [0.5, 0.6) is 0 Å². The highest BCUT2D eigenvalue weighted by Gasteiger charge is 2.07. The monoisotopic (exact) mass is 216 g/mol. The molecule has 0 saturated carbocycles. The van der Waals surface area contributed by atoms with E-state index in [9.17, 15) is 0 Å². The van der Waals surface area contributed by atoms with Gasteiger partial charge in [0.2, 0.25) is 0 Å². The third-order valence-electron chi connectivity index (χ3n) is 3.26. The van der Waals surface area contributed by atoms with Gasteiger partial charge in [-0.1, -0.05) is 49.6 Å². The summed E-state index contributed by atoms with van der Waals surface area (Å²) >= 11 is 0. The van der Waals surface area contributed by atoms with E-state index in [1.165, 1.54) is 35.1 Å². The first-order valence-corrected chi connectivity index (χ1v) is 6.36. The van der Waals surface area contributed by atoms with Gasteiger partial charge in [0.15, 0.2) is 0 Å². The maximum atomic E-state index is 2.33. The summed E-state index contributed by atoms with van der Waals surface area (Å²) < 4.78 is 0. The van der Waals surface area contributed by atoms with Crippen molar-refractivity contribution in [3.8, 4) is 0 Å². The molecule has 1 rings (SSSR count). The zero-order chi connectivity index (χ0) is 12.1. The Balaban J connectivity index is 3.26. The van der Waals surface area contributed by atoms with Crippen LogP contribution in [0, 0.1) is 13.8 Å². The maximum Gasteiger partial charge on any atom is -0.0193 e. The van der Waals surface area contributed by atoms with E-state index < -0.39 is 0 Å². The summed E-state index contributed by atoms with van der Waals surface area (Å²) in [6, 6.07) is 6.77. The Labute approximate surface area is 100 Å². The third-order valence-corrected chi connectivity index (χ3v) is 3.26. The minimum absolute atomic E-state index is 1.16. The number of aryl methyl sites for hydroxylation is 2. The molecule has 0 N–H and O–H groups in total. The van der Waals surface area contributed by atoms with E-state index in [0.717, 1.165) is 6.42 Å². The van der Waals surface area contributed by atoms with E-state index in [1.807, 2.05) is 0 Å². The zero-order valence-electron chi connectivity index (χ0n) is 11.4. The number of hydrogen-bond donors (Lipinski definition) is 0. The molecule has 0 radical (unpaired) electrons. The van der Waals surface area contributed by atoms with Crippen LogP contribution in [0.25, 0.3) is 5.57 Å². The Morgan fingerprint density at radius 3 is 2.38 bits per heavy atom. The molecule has 0 spiro atoms. The average Bonchev–Trinajstić information content (AvgIpc) is 2.28. The van der Waals surface area contributed by atoms with Crippen LogP contribution in [-0.2, 0) is 0 Å². The quantitative estimate of drug-likeness (QED) is 0.641. The standard InChI is InChI=1S/C16H24/c1-6-8-15(13(4)7-2)16-11-12(3)9-10-14(16)5/h9-11H,6-8H2,1-5H3/b15-13+. The van der Waals surface area contributed by atoms with Crippen LogP contribution in [0.4, 0.5) is 0 Å². The third kappa shape index (κ3) is 2.98. The molecular weight excluding hydrogens is 192 g/mol. The van der Waals surface area contributed by atoms with Crippen molar-refractivity contribution in [3.05, 3.63) is 40.5 Å². The van der Waals surface area contributed by atoms with Crippen molar-refractivity contribution in [2.24, 2.45) is 0 Å². The lowest BCUT2D eigenvalue weighted by Crippen LogP contribution is -1.93. The van der Waals surface area contributed by atoms with Crippen LogP contribution in [0.3, 0.4) is 0 Å². The Morgan fingerprint density at radius 2 is 1.81 bits per heavy atom. The molecule has 16 heavy (non-hydrogen) atoms. The van der Waals surface area contributed by atoms with Crippen molar-refractivity contribution in [2.75, 3.05) is 0 Å². The fourth-order valence-corrected chi connectivity index (χ4v) is 2.10. The minimum atomic E-state index is 1.16. The molecule has 0 heteroatoms. The van der Waals surface area contributed by atoms with Crippen LogP contribution in [0.1, 0.15) is 56.7 Å². The van der Waals surface area contributed by atoms with E-state index in [1.54, 1.807) is 5.57 Å². The average molecular weight is 216 g/mol. The van der Waals surface area contributed by atoms with Gasteiger partial charge in [-0.05, 0) is 50.3 Å². The second-order valence-electron chi connectivity index (χ2n) is 4.68. The molecule has 0 heterocycles. The largest absolute Gasteiger partial charge is 0.0698 e. The molecule has 0 atom stereocenters. The van der Waals surface area contributed by atoms with E-state index in [0.29, 0.717) is 0 Å². The highest BCUT2D eigenvalue weighted by atomic mass is 14.1. The lowest BCUT2D eigenvalue weighted by atomic mass is 9.91. The molecular formula is C16H24. The van der Waals surface area contributed by atoms with Gasteiger partial charge in [0.1, 0.15) is 0 Å². The SMILES string of the molecule is CCC/C(=C(/C)CC)c1cc(C)ccc1C. The summed E-state index contributed by atoms with van der Waals surface area (Å²) in [6.45, 7) is 11.2. The van der Waals surface area contributed by atoms with Gasteiger partial charge < -0.3 is 0 Å². The molecule has 0 fully saturated rings. The lowest BCUT2D eigenvalue weighted by molar-refractivity contribution is 0.949. The Kier molecular flexibility index (Phi) is 4.79. The molecule has 0 aliphatic heterocycles. The van der Waals surface area contributed by atoms with Crippen LogP contribution in [0.2, 0.25) is 0 Å². The summed E-state index contributed by atoms with van der Waals surface area (Å²) in [7, 11) is 0. The Hall–Kier alpha value is -1.04. The van der Waals surface area contributed by atoms with Gasteiger partial charge in [0.25, 0.3) is 0 Å². The molecule has 0 aliphatic rings. The van der Waals surface area contributed by atoms with Crippen molar-refractivity contribution >= 4 is 5.57 Å². The van der Waals surface area contributed by atoms with Crippen LogP contribution < -0.4 is 0 Å². The molecule has 0 nitrogen and oxygen atoms in total. The normalized spacial score (nSPS) is 12.6. The van der Waals surface area contributed by atoms with Crippen molar-refractivity contribution < 1.29 is 0 Å². The van der Waals surface area contributed by atoms with E-state index >= 15 is 0 Å². The maximum absolute atomic E-state index is 2.33. The Morgan fingerprint density at radius 1 is 1.12 bits per heavy atom. The van der Waals surface area contributed by atoms with Crippen molar-refractivity contribution in [1.82, 2.24) is 0 Å². The van der Waals surface area contributed by atoms with E-state index in [4.69, 9.17) is 0 Å². The van der Waals surface area contributed by atoms with Crippen molar-refractivity contribution in [2.45, 2.75) is 53.9 Å². The first-order valence-electron chi connectivity index (χ1n) is 6.36. The second-order valence-corrected chi connectivity index (χ2v) is 4.68. The van der Waals surface area contributed by atoms with Crippen LogP contribution >= 0.6 is 0 Å². The van der Waals surface area contributed by atoms with E-state index in [2.05, 4.69) is 52.8 Å². The number of benzene rings is 1. The van der Waals surface area contributed by atoms with E-state index in [-0.39, 0.29) is 0 Å². The van der Waals surface area contributed by atoms with Crippen LogP contribution in [-0.4, -0.2) is 0 Å². The summed E-state index contributed by atoms with van der Waals surface area (Å²) in [6.07, 6.45) is 3.58. The number of hydrogen-bond acceptors (Lipinski definition) is 0. The molecule has 0 saturated heterocycles. The van der Waals surface area contributed by atoms with Gasteiger partial charge in [-0.3, -0.25) is 0 Å². The summed E-state index contributed by atoms with van der Waals surface area (Å²) in [5.74, 6) is 0. The number of allylic oxidation sites excluding steroid dienone is 2. The predicted molar refractivity (Wildman–Crippen MR) is 73.7 cm³/mol. The summed E-state index contributed by atoms with van der Waals surface area (Å²) in [5, 5.41) is 0. The molecule has 0 amide bonds. The van der Waals surface area contributed by atoms with Gasteiger partial charge in [-0.15, -0.1) is 0 Å². The topological polar surface area (TPSA) is 0 Å². The van der Waals surface area contributed by atoms with Gasteiger partial charge in [-0.25, -0.2) is 0 Å². The van der Waals surface area contributed by atoms with Crippen molar-refractivity contribution in [1.29, 1.82) is 0 Å². The fourth-order valence-electron chi connectivity index (χ4n) is 2.10. The highest BCUT2D eigenvalue weighted by molar-refractivity contribution is 5.71. The molecule has 88 valence electrons. The summed E-state index contributed by atoms with van der Waals surface area (Å²) in [4.78, 5) is 0. The second kappa shape index (κ2) is 5.89. The lowest BCUT2D eigenvalue weighted by Gasteiger charge is -2.14. The highest BCUT2D eigenvalue weighted by Crippen LogP contribution is 2.28. The van der Waals surface area contributed by atoms with Crippen molar-refractivity contribution in [3.63, 3.8) is 0 Å². The smallest absolute Gasteiger partial charge is 0.0193 e. The molecule has 0 unspecified atom stereocenters. The summed E-state index contributed by atoms with van der Waals surface area (Å²) in [5.41, 5.74) is 7.32. The van der Waals surface area contributed by atoms with Gasteiger partial charge >= 0.3 is 0 Å². The minimum Gasteiger partial charge on any atom is -0.0698 e. The van der Waals surface area contributed by atoms with Crippen LogP contribution in [0.15, 0.2) is 23.8 Å². The fraction of sp³-hybridized carbons (Fsp3) is 0.500.